The van der Waals surface area contributed by atoms with E-state index in [9.17, 15) is 0 Å². The Hall–Kier alpha value is -1.13. The summed E-state index contributed by atoms with van der Waals surface area (Å²) in [6.07, 6.45) is 2.92. The van der Waals surface area contributed by atoms with E-state index in [1.54, 1.807) is 11.3 Å². The molecular weight excluding hydrogens is 218 g/mol. The minimum Gasteiger partial charge on any atom is -0.308 e. The Morgan fingerprint density at radius 2 is 2.38 bits per heavy atom. The summed E-state index contributed by atoms with van der Waals surface area (Å²) < 4.78 is 1.91. The number of aromatic nitrogens is 2. The van der Waals surface area contributed by atoms with Crippen molar-refractivity contribution in [3.05, 3.63) is 40.3 Å². The molecule has 16 heavy (non-hydrogen) atoms. The molecule has 1 unspecified atom stereocenters. The topological polar surface area (TPSA) is 29.9 Å². The number of aryl methyl sites for hydroxylation is 1. The highest BCUT2D eigenvalue weighted by Gasteiger charge is 2.05. The van der Waals surface area contributed by atoms with Gasteiger partial charge in [0.15, 0.2) is 0 Å². The van der Waals surface area contributed by atoms with Crippen LogP contribution in [0.4, 0.5) is 0 Å². The molecule has 0 bridgehead atoms. The number of hydrogen-bond donors (Lipinski definition) is 1. The summed E-state index contributed by atoms with van der Waals surface area (Å²) in [5.41, 5.74) is 2.63. The van der Waals surface area contributed by atoms with Gasteiger partial charge in [0.05, 0.1) is 5.69 Å². The largest absolute Gasteiger partial charge is 0.308 e. The zero-order chi connectivity index (χ0) is 11.4. The van der Waals surface area contributed by atoms with Gasteiger partial charge in [-0.15, -0.1) is 0 Å². The fraction of sp³-hybridized carbons (Fsp3) is 0.417. The predicted molar refractivity (Wildman–Crippen MR) is 67.5 cm³/mol. The third-order valence-electron chi connectivity index (χ3n) is 2.68. The van der Waals surface area contributed by atoms with E-state index < -0.39 is 0 Å². The molecule has 1 N–H and O–H groups in total. The fourth-order valence-corrected chi connectivity index (χ4v) is 2.37. The molecule has 86 valence electrons. The molecule has 2 rings (SSSR count). The maximum absolute atomic E-state index is 4.15. The molecule has 0 aromatic carbocycles. The maximum atomic E-state index is 4.15. The summed E-state index contributed by atoms with van der Waals surface area (Å²) in [6, 6.07) is 4.72. The van der Waals surface area contributed by atoms with Crippen LogP contribution in [0.1, 0.15) is 18.2 Å². The zero-order valence-corrected chi connectivity index (χ0v) is 10.5. The maximum Gasteiger partial charge on any atom is 0.0518 e. The first-order chi connectivity index (χ1) is 7.75. The lowest BCUT2D eigenvalue weighted by atomic mass is 10.1. The first kappa shape index (κ1) is 11.4. The van der Waals surface area contributed by atoms with E-state index in [4.69, 9.17) is 0 Å². The third kappa shape index (κ3) is 2.93. The molecule has 0 amide bonds. The van der Waals surface area contributed by atoms with Crippen molar-refractivity contribution < 1.29 is 0 Å². The molecule has 1 atom stereocenters. The second-order valence-corrected chi connectivity index (χ2v) is 4.84. The van der Waals surface area contributed by atoms with Gasteiger partial charge in [0.1, 0.15) is 0 Å². The zero-order valence-electron chi connectivity index (χ0n) is 9.68. The van der Waals surface area contributed by atoms with E-state index >= 15 is 0 Å². The van der Waals surface area contributed by atoms with Gasteiger partial charge in [-0.2, -0.15) is 16.4 Å². The molecule has 0 aliphatic heterocycles. The van der Waals surface area contributed by atoms with Crippen LogP contribution in [0.3, 0.4) is 0 Å². The normalized spacial score (nSPS) is 12.9. The molecule has 0 aliphatic carbocycles. The molecule has 4 heteroatoms. The molecule has 0 saturated carbocycles. The third-order valence-corrected chi connectivity index (χ3v) is 3.41. The highest BCUT2D eigenvalue weighted by atomic mass is 32.1. The average Bonchev–Trinajstić information content (AvgIpc) is 2.87. The number of rotatable bonds is 5. The number of thiophene rings is 1. The van der Waals surface area contributed by atoms with Gasteiger partial charge in [-0.3, -0.25) is 4.68 Å². The van der Waals surface area contributed by atoms with Crippen molar-refractivity contribution in [1.29, 1.82) is 0 Å². The number of nitrogens with one attached hydrogen (secondary N) is 1. The van der Waals surface area contributed by atoms with Crippen LogP contribution in [0.25, 0.3) is 0 Å². The van der Waals surface area contributed by atoms with Gasteiger partial charge in [0.2, 0.25) is 0 Å². The van der Waals surface area contributed by atoms with Crippen LogP contribution in [0.15, 0.2) is 29.1 Å². The van der Waals surface area contributed by atoms with Gasteiger partial charge in [-0.25, -0.2) is 0 Å². The first-order valence-corrected chi connectivity index (χ1v) is 6.41. The van der Waals surface area contributed by atoms with Gasteiger partial charge < -0.3 is 5.32 Å². The molecule has 0 saturated heterocycles. The van der Waals surface area contributed by atoms with E-state index in [0.717, 1.165) is 13.0 Å². The second-order valence-electron chi connectivity index (χ2n) is 4.06. The van der Waals surface area contributed by atoms with Gasteiger partial charge in [0.25, 0.3) is 0 Å². The Morgan fingerprint density at radius 1 is 1.50 bits per heavy atom. The average molecular weight is 235 g/mol. The van der Waals surface area contributed by atoms with Crippen molar-refractivity contribution >= 4 is 11.3 Å². The summed E-state index contributed by atoms with van der Waals surface area (Å²) in [7, 11) is 1.97. The Morgan fingerprint density at radius 3 is 3.00 bits per heavy atom. The predicted octanol–water partition coefficient (Wildman–Crippen LogP) is 2.20. The van der Waals surface area contributed by atoms with Crippen molar-refractivity contribution in [3.63, 3.8) is 0 Å². The van der Waals surface area contributed by atoms with Crippen molar-refractivity contribution in [2.75, 3.05) is 0 Å². The highest BCUT2D eigenvalue weighted by molar-refractivity contribution is 7.07. The van der Waals surface area contributed by atoms with Crippen LogP contribution in [-0.4, -0.2) is 15.8 Å². The summed E-state index contributed by atoms with van der Waals surface area (Å²) in [5, 5.41) is 12.0. The van der Waals surface area contributed by atoms with Crippen LogP contribution < -0.4 is 5.32 Å². The number of nitrogens with zero attached hydrogens (tertiary/aromatic N) is 2. The molecule has 0 fully saturated rings. The number of hydrogen-bond acceptors (Lipinski definition) is 3. The Labute approximate surface area is 100 Å². The minimum atomic E-state index is 0.490. The van der Waals surface area contributed by atoms with E-state index in [0.29, 0.717) is 6.04 Å². The Bertz CT molecular complexity index is 419. The van der Waals surface area contributed by atoms with Crippen LogP contribution in [0, 0.1) is 0 Å². The van der Waals surface area contributed by atoms with Crippen molar-refractivity contribution in [2.24, 2.45) is 7.05 Å². The van der Waals surface area contributed by atoms with E-state index in [-0.39, 0.29) is 0 Å². The summed E-state index contributed by atoms with van der Waals surface area (Å²) in [5.74, 6) is 0. The van der Waals surface area contributed by atoms with Gasteiger partial charge in [-0.05, 0) is 41.8 Å². The van der Waals surface area contributed by atoms with E-state index in [1.165, 1.54) is 11.3 Å². The summed E-state index contributed by atoms with van der Waals surface area (Å²) in [6.45, 7) is 3.09. The van der Waals surface area contributed by atoms with E-state index in [1.807, 2.05) is 24.0 Å². The lowest BCUT2D eigenvalue weighted by Crippen LogP contribution is -2.28. The van der Waals surface area contributed by atoms with Crippen molar-refractivity contribution in [3.8, 4) is 0 Å². The SMILES string of the molecule is CC(Cc1ccsc1)NCc1ccnn1C. The second kappa shape index (κ2) is 5.27. The molecular formula is C12H17N3S. The smallest absolute Gasteiger partial charge is 0.0518 e. The van der Waals surface area contributed by atoms with Crippen molar-refractivity contribution in [2.45, 2.75) is 25.9 Å². The van der Waals surface area contributed by atoms with Crippen LogP contribution >= 0.6 is 11.3 Å². The molecule has 2 aromatic rings. The minimum absolute atomic E-state index is 0.490. The molecule has 0 radical (unpaired) electrons. The summed E-state index contributed by atoms with van der Waals surface area (Å²) >= 11 is 1.76. The fourth-order valence-electron chi connectivity index (χ4n) is 1.69. The molecule has 2 heterocycles. The van der Waals surface area contributed by atoms with Gasteiger partial charge in [-0.1, -0.05) is 0 Å². The lowest BCUT2D eigenvalue weighted by Gasteiger charge is -2.12. The van der Waals surface area contributed by atoms with Crippen LogP contribution in [0.2, 0.25) is 0 Å². The van der Waals surface area contributed by atoms with Gasteiger partial charge >= 0.3 is 0 Å². The van der Waals surface area contributed by atoms with E-state index in [2.05, 4.69) is 34.2 Å². The summed E-state index contributed by atoms with van der Waals surface area (Å²) in [4.78, 5) is 0. The monoisotopic (exact) mass is 235 g/mol. The molecule has 0 aliphatic rings. The Kier molecular flexibility index (Phi) is 3.74. The highest BCUT2D eigenvalue weighted by Crippen LogP contribution is 2.08. The molecule has 3 nitrogen and oxygen atoms in total. The van der Waals surface area contributed by atoms with Crippen LogP contribution in [0.5, 0.6) is 0 Å². The first-order valence-electron chi connectivity index (χ1n) is 5.47. The molecule has 0 spiro atoms. The molecule has 2 aromatic heterocycles. The quantitative estimate of drug-likeness (QED) is 0.861. The Balaban J connectivity index is 1.80. The standard InChI is InChI=1S/C12H17N3S/c1-10(7-11-4-6-16-9-11)13-8-12-3-5-14-15(12)2/h3-6,9-10,13H,7-8H2,1-2H3. The van der Waals surface area contributed by atoms with Gasteiger partial charge in [0, 0.05) is 25.8 Å². The van der Waals surface area contributed by atoms with Crippen molar-refractivity contribution in [1.82, 2.24) is 15.1 Å². The lowest BCUT2D eigenvalue weighted by molar-refractivity contribution is 0.526. The van der Waals surface area contributed by atoms with Crippen LogP contribution in [-0.2, 0) is 20.0 Å².